The Bertz CT molecular complexity index is 1040. The molecule has 9 heteroatoms. The molecule has 1 aliphatic rings. The van der Waals surface area contributed by atoms with E-state index in [4.69, 9.17) is 17.5 Å². The first kappa shape index (κ1) is 23.4. The van der Waals surface area contributed by atoms with E-state index < -0.39 is 6.04 Å². The standard InChI is InChI=1S/C23H29ClN6O2/c1-16-8-5-7-13-30-15-17(18-9-2-3-11-20(18)30)14-21(31)28-19(22(32)27-16)10-4-6-12-26-23(25)29-24/h2-3,5,7,9,11,15,19H,1,4,6,8,10,12-14H2,(H,27,32)(H,28,31)(H3,25,26,29)/t19-/m0/s1. The van der Waals surface area contributed by atoms with Gasteiger partial charge in [0.25, 0.3) is 0 Å². The van der Waals surface area contributed by atoms with E-state index in [1.807, 2.05) is 42.6 Å². The molecule has 170 valence electrons. The zero-order valence-corrected chi connectivity index (χ0v) is 18.7. The van der Waals surface area contributed by atoms with Crippen LogP contribution in [0.25, 0.3) is 10.9 Å². The van der Waals surface area contributed by atoms with Crippen LogP contribution in [0.1, 0.15) is 31.2 Å². The van der Waals surface area contributed by atoms with Gasteiger partial charge in [-0.2, -0.15) is 0 Å². The van der Waals surface area contributed by atoms with Gasteiger partial charge in [0.2, 0.25) is 17.8 Å². The van der Waals surface area contributed by atoms with Crippen LogP contribution in [0.5, 0.6) is 0 Å². The first-order valence-electron chi connectivity index (χ1n) is 10.6. The molecule has 0 aliphatic carbocycles. The molecule has 2 heterocycles. The number of unbranched alkanes of at least 4 members (excludes halogenated alkanes) is 1. The van der Waals surface area contributed by atoms with Crippen molar-refractivity contribution >= 4 is 40.5 Å². The lowest BCUT2D eigenvalue weighted by molar-refractivity contribution is -0.128. The number of guanidine groups is 1. The average Bonchev–Trinajstić information content (AvgIpc) is 3.12. The minimum absolute atomic E-state index is 0.152. The fourth-order valence-electron chi connectivity index (χ4n) is 3.72. The van der Waals surface area contributed by atoms with Gasteiger partial charge in [-0.3, -0.25) is 19.4 Å². The number of aromatic nitrogens is 1. The van der Waals surface area contributed by atoms with E-state index in [2.05, 4.69) is 31.6 Å². The van der Waals surface area contributed by atoms with Crippen molar-refractivity contribution in [3.63, 3.8) is 0 Å². The van der Waals surface area contributed by atoms with Crippen LogP contribution in [0.3, 0.4) is 0 Å². The van der Waals surface area contributed by atoms with Gasteiger partial charge in [0, 0.05) is 54.1 Å². The molecule has 2 aromatic rings. The maximum Gasteiger partial charge on any atom is 0.246 e. The van der Waals surface area contributed by atoms with Crippen molar-refractivity contribution < 1.29 is 9.59 Å². The van der Waals surface area contributed by atoms with Gasteiger partial charge in [-0.15, -0.1) is 0 Å². The summed E-state index contributed by atoms with van der Waals surface area (Å²) in [5, 5.41) is 6.77. The summed E-state index contributed by atoms with van der Waals surface area (Å²) in [5.74, 6) is -0.305. The Hall–Kier alpha value is -3.26. The van der Waals surface area contributed by atoms with Crippen molar-refractivity contribution in [2.75, 3.05) is 6.54 Å². The third-order valence-corrected chi connectivity index (χ3v) is 5.48. The van der Waals surface area contributed by atoms with Crippen LogP contribution in [0.2, 0.25) is 0 Å². The summed E-state index contributed by atoms with van der Waals surface area (Å²) in [6.45, 7) is 5.09. The van der Waals surface area contributed by atoms with Gasteiger partial charge in [0.1, 0.15) is 6.04 Å². The average molecular weight is 457 g/mol. The lowest BCUT2D eigenvalue weighted by Gasteiger charge is -2.19. The predicted octanol–water partition coefficient (Wildman–Crippen LogP) is 2.49. The molecule has 1 aromatic heterocycles. The third kappa shape index (κ3) is 6.37. The summed E-state index contributed by atoms with van der Waals surface area (Å²) in [6.07, 6.45) is 8.63. The van der Waals surface area contributed by atoms with E-state index in [1.54, 1.807) is 0 Å². The minimum atomic E-state index is -0.660. The van der Waals surface area contributed by atoms with Crippen LogP contribution in [0.4, 0.5) is 0 Å². The Morgan fingerprint density at radius 3 is 2.91 bits per heavy atom. The van der Waals surface area contributed by atoms with Crippen molar-refractivity contribution in [3.8, 4) is 0 Å². The molecule has 1 aliphatic heterocycles. The van der Waals surface area contributed by atoms with Crippen LogP contribution < -0.4 is 21.2 Å². The Morgan fingerprint density at radius 2 is 2.09 bits per heavy atom. The lowest BCUT2D eigenvalue weighted by Crippen LogP contribution is -2.46. The molecule has 0 saturated heterocycles. The number of nitrogens with two attached hydrogens (primary N) is 1. The molecule has 3 rings (SSSR count). The zero-order valence-electron chi connectivity index (χ0n) is 17.9. The highest BCUT2D eigenvalue weighted by atomic mass is 35.5. The van der Waals surface area contributed by atoms with Gasteiger partial charge >= 0.3 is 0 Å². The van der Waals surface area contributed by atoms with Crippen molar-refractivity contribution in [3.05, 3.63) is 60.5 Å². The van der Waals surface area contributed by atoms with Gasteiger partial charge in [0.15, 0.2) is 0 Å². The highest BCUT2D eigenvalue weighted by Gasteiger charge is 2.22. The smallest absolute Gasteiger partial charge is 0.246 e. The van der Waals surface area contributed by atoms with E-state index in [-0.39, 0.29) is 24.2 Å². The number of nitrogens with one attached hydrogen (secondary N) is 3. The Labute approximate surface area is 192 Å². The predicted molar refractivity (Wildman–Crippen MR) is 128 cm³/mol. The maximum atomic E-state index is 12.9. The van der Waals surface area contributed by atoms with Gasteiger partial charge < -0.3 is 20.9 Å². The van der Waals surface area contributed by atoms with Crippen molar-refractivity contribution in [1.82, 2.24) is 20.0 Å². The molecule has 0 spiro atoms. The quantitative estimate of drug-likeness (QED) is 0.182. The molecule has 5 N–H and O–H groups in total. The molecular formula is C23H29ClN6O2. The van der Waals surface area contributed by atoms with Crippen LogP contribution in [-0.4, -0.2) is 34.9 Å². The van der Waals surface area contributed by atoms with Crippen LogP contribution >= 0.6 is 11.8 Å². The molecule has 2 bridgehead atoms. The van der Waals surface area contributed by atoms with E-state index in [0.717, 1.165) is 16.5 Å². The number of nitrogens with zero attached hydrogens (tertiary/aromatic N) is 2. The number of para-hydroxylation sites is 1. The number of carbonyl (C=O) groups excluding carboxylic acids is 2. The molecule has 32 heavy (non-hydrogen) atoms. The largest absolute Gasteiger partial charge is 0.369 e. The molecule has 1 atom stereocenters. The Kier molecular flexibility index (Phi) is 8.33. The number of carbonyl (C=O) groups is 2. The normalized spacial score (nSPS) is 18.2. The van der Waals surface area contributed by atoms with E-state index in [0.29, 0.717) is 44.5 Å². The number of aliphatic imine (C=N–C) groups is 1. The van der Waals surface area contributed by atoms with Gasteiger partial charge in [-0.25, -0.2) is 0 Å². The molecular weight excluding hydrogens is 428 g/mol. The molecule has 0 saturated carbocycles. The SMILES string of the molecule is C=C1CC=CCn2cc(c3ccccc32)CC(=O)N[C@@H](CCCCN=C(N)NCl)C(=O)N1. The summed E-state index contributed by atoms with van der Waals surface area (Å²) in [7, 11) is 0. The van der Waals surface area contributed by atoms with Gasteiger partial charge in [-0.1, -0.05) is 36.9 Å². The van der Waals surface area contributed by atoms with Crippen LogP contribution in [0.15, 0.2) is 59.9 Å². The summed E-state index contributed by atoms with van der Waals surface area (Å²) < 4.78 is 2.13. The Morgan fingerprint density at radius 1 is 1.28 bits per heavy atom. The number of rotatable bonds is 5. The lowest BCUT2D eigenvalue weighted by atomic mass is 10.1. The first-order valence-corrected chi connectivity index (χ1v) is 11.0. The third-order valence-electron chi connectivity index (χ3n) is 5.29. The number of allylic oxidation sites excluding steroid dienone is 2. The summed E-state index contributed by atoms with van der Waals surface area (Å²) in [5.41, 5.74) is 8.10. The number of hydrogen-bond acceptors (Lipinski definition) is 3. The van der Waals surface area contributed by atoms with Gasteiger partial charge in [-0.05, 0) is 30.9 Å². The number of fused-ring (bicyclic) bond motifs is 5. The first-order chi connectivity index (χ1) is 15.5. The number of amides is 2. The fourth-order valence-corrected chi connectivity index (χ4v) is 3.78. The van der Waals surface area contributed by atoms with Crippen LogP contribution in [0, 0.1) is 0 Å². The van der Waals surface area contributed by atoms with Crippen LogP contribution in [-0.2, 0) is 22.6 Å². The maximum absolute atomic E-state index is 12.9. The van der Waals surface area contributed by atoms with Gasteiger partial charge in [0.05, 0.1) is 6.42 Å². The molecule has 1 aromatic carbocycles. The van der Waals surface area contributed by atoms with E-state index >= 15 is 0 Å². The molecule has 8 nitrogen and oxygen atoms in total. The summed E-state index contributed by atoms with van der Waals surface area (Å²) in [6, 6.07) is 7.36. The second-order valence-corrected chi connectivity index (χ2v) is 7.94. The van der Waals surface area contributed by atoms with Crippen molar-refractivity contribution in [2.45, 2.75) is 44.7 Å². The van der Waals surface area contributed by atoms with E-state index in [1.165, 1.54) is 0 Å². The molecule has 0 fully saturated rings. The van der Waals surface area contributed by atoms with E-state index in [9.17, 15) is 9.59 Å². The fraction of sp³-hybridized carbons (Fsp3) is 0.348. The number of hydrogen-bond donors (Lipinski definition) is 4. The zero-order chi connectivity index (χ0) is 22.9. The second-order valence-electron chi connectivity index (χ2n) is 7.75. The molecule has 0 unspecified atom stereocenters. The Balaban J connectivity index is 1.76. The highest BCUT2D eigenvalue weighted by molar-refractivity contribution is 6.21. The summed E-state index contributed by atoms with van der Waals surface area (Å²) in [4.78, 5) is 32.0. The van der Waals surface area contributed by atoms with Crippen molar-refractivity contribution in [1.29, 1.82) is 0 Å². The summed E-state index contributed by atoms with van der Waals surface area (Å²) >= 11 is 5.38. The molecule has 0 radical (unpaired) electrons. The highest BCUT2D eigenvalue weighted by Crippen LogP contribution is 2.22. The monoisotopic (exact) mass is 456 g/mol. The number of benzene rings is 1. The second kappa shape index (κ2) is 11.4. The van der Waals surface area contributed by atoms with Crippen molar-refractivity contribution in [2.24, 2.45) is 10.7 Å². The topological polar surface area (TPSA) is 114 Å². The number of halogens is 1. The minimum Gasteiger partial charge on any atom is -0.369 e. The molecule has 2 amide bonds.